The molecule has 0 aliphatic carbocycles. The number of rotatable bonds is 5. The highest BCUT2D eigenvalue weighted by molar-refractivity contribution is 5.43. The molecule has 4 heteroatoms. The number of nitrogens with zero attached hydrogens (tertiary/aromatic N) is 1. The fraction of sp³-hybridized carbons (Fsp3) is 0.600. The van der Waals surface area contributed by atoms with Crippen molar-refractivity contribution in [2.45, 2.75) is 25.9 Å². The van der Waals surface area contributed by atoms with Crippen molar-refractivity contribution in [3.8, 4) is 5.75 Å². The van der Waals surface area contributed by atoms with E-state index >= 15 is 0 Å². The van der Waals surface area contributed by atoms with E-state index in [1.165, 1.54) is 12.8 Å². The van der Waals surface area contributed by atoms with Crippen molar-refractivity contribution in [2.24, 2.45) is 5.92 Å². The quantitative estimate of drug-likeness (QED) is 0.795. The van der Waals surface area contributed by atoms with E-state index in [9.17, 15) is 5.11 Å². The first-order chi connectivity index (χ1) is 9.13. The summed E-state index contributed by atoms with van der Waals surface area (Å²) >= 11 is 0. The zero-order chi connectivity index (χ0) is 13.7. The van der Waals surface area contributed by atoms with Gasteiger partial charge in [0.2, 0.25) is 0 Å². The minimum Gasteiger partial charge on any atom is -0.491 e. The molecule has 106 valence electrons. The molecule has 1 aliphatic heterocycles. The first-order valence-electron chi connectivity index (χ1n) is 7.02. The summed E-state index contributed by atoms with van der Waals surface area (Å²) in [5, 5.41) is 10.0. The highest BCUT2D eigenvalue weighted by Crippen LogP contribution is 2.17. The maximum absolute atomic E-state index is 10.0. The molecule has 3 N–H and O–H groups in total. The second kappa shape index (κ2) is 6.78. The largest absolute Gasteiger partial charge is 0.491 e. The predicted octanol–water partition coefficient (Wildman–Crippen LogP) is 1.74. The standard InChI is InChI=1S/C15H24N2O2/c1-12-5-7-17(8-6-12)10-14(18)11-19-15-4-2-3-13(16)9-15/h2-4,9,12,14,18H,5-8,10-11,16H2,1H3. The molecule has 0 spiro atoms. The van der Waals surface area contributed by atoms with Gasteiger partial charge in [0.15, 0.2) is 0 Å². The summed E-state index contributed by atoms with van der Waals surface area (Å²) in [6.07, 6.45) is 2.00. The van der Waals surface area contributed by atoms with E-state index in [0.29, 0.717) is 24.6 Å². The molecule has 2 rings (SSSR count). The lowest BCUT2D eigenvalue weighted by Crippen LogP contribution is -2.40. The van der Waals surface area contributed by atoms with Gasteiger partial charge in [-0.25, -0.2) is 0 Å². The van der Waals surface area contributed by atoms with E-state index in [1.54, 1.807) is 6.07 Å². The van der Waals surface area contributed by atoms with Crippen LogP contribution in [0.1, 0.15) is 19.8 Å². The number of β-amino-alcohol motifs (C(OH)–C–C–N with tert-alkyl or cyclic N) is 1. The van der Waals surface area contributed by atoms with Crippen molar-refractivity contribution in [3.63, 3.8) is 0 Å². The van der Waals surface area contributed by atoms with Crippen LogP contribution in [0.15, 0.2) is 24.3 Å². The van der Waals surface area contributed by atoms with Gasteiger partial charge >= 0.3 is 0 Å². The zero-order valence-corrected chi connectivity index (χ0v) is 11.6. The topological polar surface area (TPSA) is 58.7 Å². The minimum absolute atomic E-state index is 0.315. The van der Waals surface area contributed by atoms with Crippen molar-refractivity contribution >= 4 is 5.69 Å². The number of aliphatic hydroxyl groups excluding tert-OH is 1. The van der Waals surface area contributed by atoms with Gasteiger partial charge < -0.3 is 20.5 Å². The molecule has 0 amide bonds. The van der Waals surface area contributed by atoms with Crippen LogP contribution in [0.2, 0.25) is 0 Å². The van der Waals surface area contributed by atoms with Crippen LogP contribution in [0, 0.1) is 5.92 Å². The minimum atomic E-state index is -0.449. The van der Waals surface area contributed by atoms with Crippen LogP contribution in [0.5, 0.6) is 5.75 Å². The van der Waals surface area contributed by atoms with Crippen LogP contribution < -0.4 is 10.5 Å². The van der Waals surface area contributed by atoms with E-state index in [0.717, 1.165) is 19.0 Å². The molecule has 0 aromatic heterocycles. The Morgan fingerprint density at radius 1 is 1.42 bits per heavy atom. The smallest absolute Gasteiger partial charge is 0.121 e. The lowest BCUT2D eigenvalue weighted by Gasteiger charge is -2.31. The van der Waals surface area contributed by atoms with E-state index in [-0.39, 0.29) is 0 Å². The molecular weight excluding hydrogens is 240 g/mol. The lowest BCUT2D eigenvalue weighted by atomic mass is 9.99. The van der Waals surface area contributed by atoms with E-state index in [1.807, 2.05) is 18.2 Å². The summed E-state index contributed by atoms with van der Waals surface area (Å²) in [6, 6.07) is 7.29. The fourth-order valence-corrected chi connectivity index (χ4v) is 2.39. The molecular formula is C15H24N2O2. The number of piperidine rings is 1. The molecule has 4 nitrogen and oxygen atoms in total. The Morgan fingerprint density at radius 2 is 2.16 bits per heavy atom. The Morgan fingerprint density at radius 3 is 2.84 bits per heavy atom. The molecule has 1 heterocycles. The Labute approximate surface area is 115 Å². The molecule has 1 unspecified atom stereocenters. The summed E-state index contributed by atoms with van der Waals surface area (Å²) in [5.41, 5.74) is 6.35. The fourth-order valence-electron chi connectivity index (χ4n) is 2.39. The summed E-state index contributed by atoms with van der Waals surface area (Å²) in [7, 11) is 0. The monoisotopic (exact) mass is 264 g/mol. The SMILES string of the molecule is CC1CCN(CC(O)COc2cccc(N)c2)CC1. The van der Waals surface area contributed by atoms with Gasteiger partial charge in [0, 0.05) is 18.3 Å². The van der Waals surface area contributed by atoms with Crippen molar-refractivity contribution in [1.29, 1.82) is 0 Å². The Balaban J connectivity index is 1.71. The van der Waals surface area contributed by atoms with Crippen LogP contribution in [0.3, 0.4) is 0 Å². The van der Waals surface area contributed by atoms with Gasteiger partial charge in [-0.3, -0.25) is 0 Å². The van der Waals surface area contributed by atoms with Gasteiger partial charge in [0.1, 0.15) is 18.5 Å². The predicted molar refractivity (Wildman–Crippen MR) is 77.2 cm³/mol. The average Bonchev–Trinajstić information content (AvgIpc) is 2.39. The Bertz CT molecular complexity index is 389. The first-order valence-corrected chi connectivity index (χ1v) is 7.02. The van der Waals surface area contributed by atoms with E-state index < -0.39 is 6.10 Å². The third-order valence-electron chi connectivity index (χ3n) is 3.65. The van der Waals surface area contributed by atoms with Crippen molar-refractivity contribution in [2.75, 3.05) is 32.0 Å². The van der Waals surface area contributed by atoms with Crippen LogP contribution in [0.25, 0.3) is 0 Å². The summed E-state index contributed by atoms with van der Waals surface area (Å²) in [6.45, 7) is 5.45. The molecule has 0 bridgehead atoms. The van der Waals surface area contributed by atoms with Crippen molar-refractivity contribution in [1.82, 2.24) is 4.90 Å². The van der Waals surface area contributed by atoms with Gasteiger partial charge in [0.25, 0.3) is 0 Å². The van der Waals surface area contributed by atoms with Gasteiger partial charge in [-0.2, -0.15) is 0 Å². The second-order valence-corrected chi connectivity index (χ2v) is 5.52. The number of likely N-dealkylation sites (tertiary alicyclic amines) is 1. The number of ether oxygens (including phenoxy) is 1. The number of benzene rings is 1. The second-order valence-electron chi connectivity index (χ2n) is 5.52. The maximum Gasteiger partial charge on any atom is 0.121 e. The maximum atomic E-state index is 10.0. The molecule has 1 aromatic carbocycles. The van der Waals surface area contributed by atoms with Gasteiger partial charge in [-0.15, -0.1) is 0 Å². The highest BCUT2D eigenvalue weighted by Gasteiger charge is 2.18. The molecule has 0 saturated carbocycles. The zero-order valence-electron chi connectivity index (χ0n) is 11.6. The number of aliphatic hydroxyl groups is 1. The van der Waals surface area contributed by atoms with Crippen LogP contribution in [-0.2, 0) is 0 Å². The number of hydrogen-bond donors (Lipinski definition) is 2. The molecule has 1 saturated heterocycles. The van der Waals surface area contributed by atoms with E-state index in [2.05, 4.69) is 11.8 Å². The number of nitrogen functional groups attached to an aromatic ring is 1. The average molecular weight is 264 g/mol. The van der Waals surface area contributed by atoms with Gasteiger partial charge in [-0.05, 0) is 44.0 Å². The summed E-state index contributed by atoms with van der Waals surface area (Å²) in [5.74, 6) is 1.53. The van der Waals surface area contributed by atoms with Crippen molar-refractivity contribution < 1.29 is 9.84 Å². The third-order valence-corrected chi connectivity index (χ3v) is 3.65. The molecule has 0 radical (unpaired) electrons. The highest BCUT2D eigenvalue weighted by atomic mass is 16.5. The van der Waals surface area contributed by atoms with Gasteiger partial charge in [-0.1, -0.05) is 13.0 Å². The first kappa shape index (κ1) is 14.2. The lowest BCUT2D eigenvalue weighted by molar-refractivity contribution is 0.0563. The van der Waals surface area contributed by atoms with Crippen LogP contribution in [-0.4, -0.2) is 42.4 Å². The Kier molecular flexibility index (Phi) is 5.05. The summed E-state index contributed by atoms with van der Waals surface area (Å²) in [4.78, 5) is 2.31. The third kappa shape index (κ3) is 4.73. The summed E-state index contributed by atoms with van der Waals surface area (Å²) < 4.78 is 5.55. The molecule has 1 aliphatic rings. The number of hydrogen-bond acceptors (Lipinski definition) is 4. The number of anilines is 1. The van der Waals surface area contributed by atoms with Crippen LogP contribution in [0.4, 0.5) is 5.69 Å². The molecule has 19 heavy (non-hydrogen) atoms. The van der Waals surface area contributed by atoms with Crippen LogP contribution >= 0.6 is 0 Å². The van der Waals surface area contributed by atoms with Gasteiger partial charge in [0.05, 0.1) is 0 Å². The van der Waals surface area contributed by atoms with E-state index in [4.69, 9.17) is 10.5 Å². The molecule has 1 aromatic rings. The Hall–Kier alpha value is -1.26. The normalized spacial score (nSPS) is 19.3. The molecule has 1 fully saturated rings. The molecule has 1 atom stereocenters. The van der Waals surface area contributed by atoms with Crippen molar-refractivity contribution in [3.05, 3.63) is 24.3 Å². The number of nitrogens with two attached hydrogens (primary N) is 1.